The summed E-state index contributed by atoms with van der Waals surface area (Å²) >= 11 is 0. The molecule has 0 spiro atoms. The predicted octanol–water partition coefficient (Wildman–Crippen LogP) is 3.61. The monoisotopic (exact) mass is 353 g/mol. The van der Waals surface area contributed by atoms with E-state index in [1.807, 2.05) is 18.2 Å². The van der Waals surface area contributed by atoms with Crippen LogP contribution in [0.5, 0.6) is 0 Å². The van der Waals surface area contributed by atoms with Crippen LogP contribution in [0.4, 0.5) is 0 Å². The highest BCUT2D eigenvalue weighted by molar-refractivity contribution is 5.79. The van der Waals surface area contributed by atoms with E-state index < -0.39 is 0 Å². The second-order valence-corrected chi connectivity index (χ2v) is 7.58. The summed E-state index contributed by atoms with van der Waals surface area (Å²) < 4.78 is 5.42. The average molecular weight is 353 g/mol. The van der Waals surface area contributed by atoms with E-state index in [-0.39, 0.29) is 5.92 Å². The minimum Gasteiger partial charge on any atom is -0.356 e. The SMILES string of the molecule is CN(Cc1noc2ccccc12)C1CCN(C(=O)C2CC=CCC2)CC1. The first-order chi connectivity index (χ1) is 12.7. The zero-order valence-corrected chi connectivity index (χ0v) is 15.4. The van der Waals surface area contributed by atoms with Gasteiger partial charge in [0.2, 0.25) is 5.91 Å². The van der Waals surface area contributed by atoms with Gasteiger partial charge in [-0.1, -0.05) is 29.4 Å². The summed E-state index contributed by atoms with van der Waals surface area (Å²) in [6.07, 6.45) is 9.38. The third kappa shape index (κ3) is 3.54. The van der Waals surface area contributed by atoms with Crippen LogP contribution in [-0.4, -0.2) is 47.0 Å². The van der Waals surface area contributed by atoms with E-state index in [1.54, 1.807) is 0 Å². The number of rotatable bonds is 4. The molecule has 1 aliphatic carbocycles. The molecule has 2 aromatic rings. The number of aromatic nitrogens is 1. The van der Waals surface area contributed by atoms with Crippen molar-refractivity contribution in [3.05, 3.63) is 42.1 Å². The number of amides is 1. The zero-order valence-electron chi connectivity index (χ0n) is 15.4. The lowest BCUT2D eigenvalue weighted by atomic mass is 9.92. The quantitative estimate of drug-likeness (QED) is 0.788. The molecule has 2 aliphatic rings. The molecule has 5 nitrogen and oxygen atoms in total. The molecule has 26 heavy (non-hydrogen) atoms. The van der Waals surface area contributed by atoms with Crippen LogP contribution in [0.3, 0.4) is 0 Å². The summed E-state index contributed by atoms with van der Waals surface area (Å²) in [5, 5.41) is 5.34. The van der Waals surface area contributed by atoms with E-state index in [2.05, 4.69) is 40.2 Å². The Morgan fingerprint density at radius 1 is 1.23 bits per heavy atom. The molecule has 1 unspecified atom stereocenters. The molecular formula is C21H27N3O2. The maximum Gasteiger partial charge on any atom is 0.226 e. The standard InChI is InChI=1S/C21H27N3O2/c1-23(15-19-18-9-5-6-10-20(18)26-22-19)17-11-13-24(14-12-17)21(25)16-7-3-2-4-8-16/h2-3,5-6,9-10,16-17H,4,7-8,11-15H2,1H3. The summed E-state index contributed by atoms with van der Waals surface area (Å²) in [6, 6.07) is 8.50. The Hall–Kier alpha value is -2.14. The molecule has 1 amide bonds. The van der Waals surface area contributed by atoms with Crippen LogP contribution in [0.2, 0.25) is 0 Å². The Labute approximate surface area is 154 Å². The highest BCUT2D eigenvalue weighted by Gasteiger charge is 2.29. The Bertz CT molecular complexity index is 789. The van der Waals surface area contributed by atoms with E-state index in [0.29, 0.717) is 11.9 Å². The molecule has 0 saturated carbocycles. The third-order valence-corrected chi connectivity index (χ3v) is 5.87. The van der Waals surface area contributed by atoms with Crippen molar-refractivity contribution in [2.45, 2.75) is 44.7 Å². The Kier molecular flexibility index (Phi) is 5.07. The molecule has 1 atom stereocenters. The number of fused-ring (bicyclic) bond motifs is 1. The summed E-state index contributed by atoms with van der Waals surface area (Å²) in [7, 11) is 2.15. The van der Waals surface area contributed by atoms with E-state index in [0.717, 1.165) is 68.4 Å². The van der Waals surface area contributed by atoms with Gasteiger partial charge in [-0.15, -0.1) is 0 Å². The first-order valence-corrected chi connectivity index (χ1v) is 9.69. The van der Waals surface area contributed by atoms with Crippen LogP contribution in [0.1, 0.15) is 37.8 Å². The minimum atomic E-state index is 0.204. The van der Waals surface area contributed by atoms with E-state index in [1.165, 1.54) is 0 Å². The number of carbonyl (C=O) groups excluding carboxylic acids is 1. The van der Waals surface area contributed by atoms with Crippen LogP contribution in [0.25, 0.3) is 11.0 Å². The number of likely N-dealkylation sites (tertiary alicyclic amines) is 1. The highest BCUT2D eigenvalue weighted by atomic mass is 16.5. The second-order valence-electron chi connectivity index (χ2n) is 7.58. The molecule has 1 saturated heterocycles. The van der Waals surface area contributed by atoms with Crippen molar-refractivity contribution in [1.82, 2.24) is 15.0 Å². The van der Waals surface area contributed by atoms with Gasteiger partial charge in [0.05, 0.1) is 0 Å². The first kappa shape index (κ1) is 17.3. The topological polar surface area (TPSA) is 49.6 Å². The summed E-state index contributed by atoms with van der Waals surface area (Å²) in [5.74, 6) is 0.564. The normalized spacial score (nSPS) is 21.6. The Morgan fingerprint density at radius 2 is 2.04 bits per heavy atom. The number of carbonyl (C=O) groups is 1. The molecule has 1 aliphatic heterocycles. The fourth-order valence-electron chi connectivity index (χ4n) is 4.22. The van der Waals surface area contributed by atoms with Gasteiger partial charge in [-0.3, -0.25) is 9.69 Å². The largest absolute Gasteiger partial charge is 0.356 e. The number of hydrogen-bond acceptors (Lipinski definition) is 4. The molecular weight excluding hydrogens is 326 g/mol. The maximum atomic E-state index is 12.7. The minimum absolute atomic E-state index is 0.204. The van der Waals surface area contributed by atoms with Gasteiger partial charge in [-0.2, -0.15) is 0 Å². The predicted molar refractivity (Wildman–Crippen MR) is 102 cm³/mol. The molecule has 2 heterocycles. The van der Waals surface area contributed by atoms with Crippen molar-refractivity contribution in [2.24, 2.45) is 5.92 Å². The van der Waals surface area contributed by atoms with Crippen LogP contribution >= 0.6 is 0 Å². The molecule has 0 radical (unpaired) electrons. The molecule has 138 valence electrons. The van der Waals surface area contributed by atoms with Crippen molar-refractivity contribution in [1.29, 1.82) is 0 Å². The molecule has 1 aromatic carbocycles. The van der Waals surface area contributed by atoms with Gasteiger partial charge in [0.15, 0.2) is 5.58 Å². The molecule has 1 fully saturated rings. The number of hydrogen-bond donors (Lipinski definition) is 0. The van der Waals surface area contributed by atoms with E-state index in [4.69, 9.17) is 4.52 Å². The van der Waals surface area contributed by atoms with Gasteiger partial charge in [0.25, 0.3) is 0 Å². The second kappa shape index (κ2) is 7.62. The van der Waals surface area contributed by atoms with Gasteiger partial charge in [-0.05, 0) is 51.3 Å². The van der Waals surface area contributed by atoms with Crippen LogP contribution in [0, 0.1) is 5.92 Å². The number of nitrogens with zero attached hydrogens (tertiary/aromatic N) is 3. The van der Waals surface area contributed by atoms with Gasteiger partial charge >= 0.3 is 0 Å². The van der Waals surface area contributed by atoms with Crippen molar-refractivity contribution < 1.29 is 9.32 Å². The van der Waals surface area contributed by atoms with Crippen LogP contribution in [-0.2, 0) is 11.3 Å². The fourth-order valence-corrected chi connectivity index (χ4v) is 4.22. The van der Waals surface area contributed by atoms with Gasteiger partial charge in [-0.25, -0.2) is 0 Å². The smallest absolute Gasteiger partial charge is 0.226 e. The highest BCUT2D eigenvalue weighted by Crippen LogP contribution is 2.25. The summed E-state index contributed by atoms with van der Waals surface area (Å²) in [5.41, 5.74) is 1.84. The van der Waals surface area contributed by atoms with Crippen molar-refractivity contribution in [3.63, 3.8) is 0 Å². The molecule has 1 aromatic heterocycles. The molecule has 0 bridgehead atoms. The van der Waals surface area contributed by atoms with Crippen molar-refractivity contribution in [3.8, 4) is 0 Å². The van der Waals surface area contributed by atoms with Crippen molar-refractivity contribution in [2.75, 3.05) is 20.1 Å². The fraction of sp³-hybridized carbons (Fsp3) is 0.524. The maximum absolute atomic E-state index is 12.7. The molecule has 0 N–H and O–H groups in total. The zero-order chi connectivity index (χ0) is 17.9. The van der Waals surface area contributed by atoms with Crippen LogP contribution < -0.4 is 0 Å². The van der Waals surface area contributed by atoms with Crippen molar-refractivity contribution >= 4 is 16.9 Å². The average Bonchev–Trinajstić information content (AvgIpc) is 3.11. The lowest BCUT2D eigenvalue weighted by Gasteiger charge is -2.38. The number of benzene rings is 1. The Morgan fingerprint density at radius 3 is 2.81 bits per heavy atom. The van der Waals surface area contributed by atoms with E-state index in [9.17, 15) is 4.79 Å². The van der Waals surface area contributed by atoms with Gasteiger partial charge in [0.1, 0.15) is 5.69 Å². The lowest BCUT2D eigenvalue weighted by molar-refractivity contribution is -0.137. The summed E-state index contributed by atoms with van der Waals surface area (Å²) in [6.45, 7) is 2.52. The molecule has 5 heteroatoms. The third-order valence-electron chi connectivity index (χ3n) is 5.87. The number of para-hydroxylation sites is 1. The van der Waals surface area contributed by atoms with E-state index >= 15 is 0 Å². The number of allylic oxidation sites excluding steroid dienone is 2. The number of piperidine rings is 1. The lowest BCUT2D eigenvalue weighted by Crippen LogP contribution is -2.47. The van der Waals surface area contributed by atoms with Crippen LogP contribution in [0.15, 0.2) is 40.9 Å². The van der Waals surface area contributed by atoms with Gasteiger partial charge in [0, 0.05) is 37.0 Å². The Balaban J connectivity index is 1.32. The first-order valence-electron chi connectivity index (χ1n) is 9.69. The van der Waals surface area contributed by atoms with Gasteiger partial charge < -0.3 is 9.42 Å². The molecule has 4 rings (SSSR count). The summed E-state index contributed by atoms with van der Waals surface area (Å²) in [4.78, 5) is 17.1.